The summed E-state index contributed by atoms with van der Waals surface area (Å²) in [6.07, 6.45) is 1.51. The average molecular weight is 204 g/mol. The van der Waals surface area contributed by atoms with Crippen LogP contribution in [0.1, 0.15) is 0 Å². The fourth-order valence-electron chi connectivity index (χ4n) is 1.30. The Balaban J connectivity index is 2.52. The zero-order valence-corrected chi connectivity index (χ0v) is 7.71. The molecule has 2 rings (SSSR count). The Kier molecular flexibility index (Phi) is 2.13. The first-order chi connectivity index (χ1) is 7.18. The van der Waals surface area contributed by atoms with Gasteiger partial charge in [0.05, 0.1) is 11.2 Å². The van der Waals surface area contributed by atoms with Crippen LogP contribution in [0.5, 0.6) is 0 Å². The van der Waals surface area contributed by atoms with Gasteiger partial charge >= 0.3 is 0 Å². The smallest absolute Gasteiger partial charge is 0.292 e. The van der Waals surface area contributed by atoms with Crippen molar-refractivity contribution >= 4 is 11.4 Å². The molecule has 1 aromatic carbocycles. The van der Waals surface area contributed by atoms with Gasteiger partial charge in [-0.25, -0.2) is 0 Å². The van der Waals surface area contributed by atoms with Crippen LogP contribution in [-0.4, -0.2) is 4.92 Å². The van der Waals surface area contributed by atoms with E-state index in [9.17, 15) is 10.1 Å². The standard InChI is InChI=1S/C10H8N2O3/c11-8-4-3-7(6-9(8)12(13)14)10-2-1-5-15-10/h1-6H,11H2. The summed E-state index contributed by atoms with van der Waals surface area (Å²) in [6.45, 7) is 0. The Bertz CT molecular complexity index is 491. The molecule has 0 unspecified atom stereocenters. The molecule has 0 aliphatic rings. The minimum atomic E-state index is -0.512. The van der Waals surface area contributed by atoms with Gasteiger partial charge in [0.1, 0.15) is 11.4 Å². The third-order valence-corrected chi connectivity index (χ3v) is 2.03. The maximum atomic E-state index is 10.6. The van der Waals surface area contributed by atoms with Crippen molar-refractivity contribution < 1.29 is 9.34 Å². The van der Waals surface area contributed by atoms with Crippen LogP contribution in [-0.2, 0) is 0 Å². The molecule has 1 aromatic heterocycles. The second kappa shape index (κ2) is 3.45. The van der Waals surface area contributed by atoms with E-state index in [2.05, 4.69) is 0 Å². The second-order valence-electron chi connectivity index (χ2n) is 3.01. The number of nitro benzene ring substituents is 1. The number of nitrogens with two attached hydrogens (primary N) is 1. The lowest BCUT2D eigenvalue weighted by Crippen LogP contribution is -1.95. The number of nitrogen functional groups attached to an aromatic ring is 1. The van der Waals surface area contributed by atoms with Crippen molar-refractivity contribution in [2.45, 2.75) is 0 Å². The molecular formula is C10H8N2O3. The first kappa shape index (κ1) is 9.26. The number of hydrogen-bond acceptors (Lipinski definition) is 4. The number of rotatable bonds is 2. The molecule has 15 heavy (non-hydrogen) atoms. The van der Waals surface area contributed by atoms with Crippen molar-refractivity contribution in [3.63, 3.8) is 0 Å². The summed E-state index contributed by atoms with van der Waals surface area (Å²) in [5.41, 5.74) is 6.15. The molecule has 0 amide bonds. The number of nitrogens with zero attached hydrogens (tertiary/aromatic N) is 1. The number of hydrogen-bond donors (Lipinski definition) is 1. The monoisotopic (exact) mass is 204 g/mol. The Morgan fingerprint density at radius 1 is 1.33 bits per heavy atom. The SMILES string of the molecule is Nc1ccc(-c2ccco2)cc1[N+](=O)[O-]. The fourth-order valence-corrected chi connectivity index (χ4v) is 1.30. The summed E-state index contributed by atoms with van der Waals surface area (Å²) < 4.78 is 5.13. The van der Waals surface area contributed by atoms with E-state index in [1.54, 1.807) is 18.2 Å². The molecule has 0 atom stereocenters. The molecule has 5 heteroatoms. The predicted octanol–water partition coefficient (Wildman–Crippen LogP) is 2.44. The molecule has 1 heterocycles. The van der Waals surface area contributed by atoms with Crippen LogP contribution in [0.15, 0.2) is 41.0 Å². The van der Waals surface area contributed by atoms with Gasteiger partial charge in [-0.3, -0.25) is 10.1 Å². The van der Waals surface area contributed by atoms with Crippen molar-refractivity contribution in [3.05, 3.63) is 46.7 Å². The fraction of sp³-hybridized carbons (Fsp3) is 0. The number of anilines is 1. The average Bonchev–Trinajstić information content (AvgIpc) is 2.71. The van der Waals surface area contributed by atoms with Gasteiger partial charge in [-0.05, 0) is 24.3 Å². The molecular weight excluding hydrogens is 196 g/mol. The molecule has 0 bridgehead atoms. The van der Waals surface area contributed by atoms with E-state index >= 15 is 0 Å². The minimum absolute atomic E-state index is 0.107. The maximum absolute atomic E-state index is 10.6. The number of benzene rings is 1. The van der Waals surface area contributed by atoms with E-state index in [4.69, 9.17) is 10.2 Å². The van der Waals surface area contributed by atoms with Gasteiger partial charge in [0.2, 0.25) is 0 Å². The van der Waals surface area contributed by atoms with Gasteiger partial charge < -0.3 is 10.2 Å². The van der Waals surface area contributed by atoms with Crippen LogP contribution in [0, 0.1) is 10.1 Å². The summed E-state index contributed by atoms with van der Waals surface area (Å²) in [5.74, 6) is 0.582. The van der Waals surface area contributed by atoms with Crippen LogP contribution < -0.4 is 5.73 Å². The maximum Gasteiger partial charge on any atom is 0.292 e. The predicted molar refractivity (Wildman–Crippen MR) is 55.2 cm³/mol. The third-order valence-electron chi connectivity index (χ3n) is 2.03. The van der Waals surface area contributed by atoms with Crippen LogP contribution in [0.3, 0.4) is 0 Å². The summed E-state index contributed by atoms with van der Waals surface area (Å²) >= 11 is 0. The lowest BCUT2D eigenvalue weighted by Gasteiger charge is -1.99. The molecule has 0 aliphatic carbocycles. The highest BCUT2D eigenvalue weighted by molar-refractivity contribution is 5.69. The lowest BCUT2D eigenvalue weighted by atomic mass is 10.1. The van der Waals surface area contributed by atoms with E-state index in [1.165, 1.54) is 18.4 Å². The summed E-state index contributed by atoms with van der Waals surface area (Å²) in [7, 11) is 0. The highest BCUT2D eigenvalue weighted by Crippen LogP contribution is 2.28. The quantitative estimate of drug-likeness (QED) is 0.462. The van der Waals surface area contributed by atoms with Crippen molar-refractivity contribution in [2.75, 3.05) is 5.73 Å². The highest BCUT2D eigenvalue weighted by atomic mass is 16.6. The van der Waals surface area contributed by atoms with E-state index in [-0.39, 0.29) is 11.4 Å². The van der Waals surface area contributed by atoms with E-state index in [1.807, 2.05) is 0 Å². The molecule has 0 spiro atoms. The van der Waals surface area contributed by atoms with E-state index in [0.717, 1.165) is 0 Å². The topological polar surface area (TPSA) is 82.3 Å². The molecule has 0 radical (unpaired) electrons. The van der Waals surface area contributed by atoms with Gasteiger partial charge in [0.25, 0.3) is 5.69 Å². The van der Waals surface area contributed by atoms with Crippen LogP contribution >= 0.6 is 0 Å². The van der Waals surface area contributed by atoms with Gasteiger partial charge in [-0.15, -0.1) is 0 Å². The normalized spacial score (nSPS) is 10.1. The van der Waals surface area contributed by atoms with Gasteiger partial charge in [0.15, 0.2) is 0 Å². The summed E-state index contributed by atoms with van der Waals surface area (Å²) in [6, 6.07) is 8.03. The first-order valence-electron chi connectivity index (χ1n) is 4.26. The van der Waals surface area contributed by atoms with Crippen LogP contribution in [0.25, 0.3) is 11.3 Å². The van der Waals surface area contributed by atoms with Crippen molar-refractivity contribution in [1.29, 1.82) is 0 Å². The molecule has 0 saturated heterocycles. The molecule has 76 valence electrons. The Hall–Kier alpha value is -2.30. The minimum Gasteiger partial charge on any atom is -0.464 e. The van der Waals surface area contributed by atoms with E-state index < -0.39 is 4.92 Å². The third kappa shape index (κ3) is 1.67. The molecule has 0 aliphatic heterocycles. The Morgan fingerprint density at radius 2 is 2.13 bits per heavy atom. The lowest BCUT2D eigenvalue weighted by molar-refractivity contribution is -0.383. The molecule has 2 N–H and O–H groups in total. The number of furan rings is 1. The zero-order chi connectivity index (χ0) is 10.8. The van der Waals surface area contributed by atoms with E-state index in [0.29, 0.717) is 11.3 Å². The molecule has 5 nitrogen and oxygen atoms in total. The first-order valence-corrected chi connectivity index (χ1v) is 4.26. The summed E-state index contributed by atoms with van der Waals surface area (Å²) in [4.78, 5) is 10.1. The van der Waals surface area contributed by atoms with Gasteiger partial charge in [-0.1, -0.05) is 0 Å². The molecule has 0 fully saturated rings. The summed E-state index contributed by atoms with van der Waals surface area (Å²) in [5, 5.41) is 10.6. The van der Waals surface area contributed by atoms with Crippen molar-refractivity contribution in [3.8, 4) is 11.3 Å². The van der Waals surface area contributed by atoms with Crippen molar-refractivity contribution in [2.24, 2.45) is 0 Å². The van der Waals surface area contributed by atoms with Crippen LogP contribution in [0.2, 0.25) is 0 Å². The zero-order valence-electron chi connectivity index (χ0n) is 7.71. The van der Waals surface area contributed by atoms with Crippen molar-refractivity contribution in [1.82, 2.24) is 0 Å². The largest absolute Gasteiger partial charge is 0.464 e. The van der Waals surface area contributed by atoms with Gasteiger partial charge in [-0.2, -0.15) is 0 Å². The van der Waals surface area contributed by atoms with Gasteiger partial charge in [0, 0.05) is 11.6 Å². The second-order valence-corrected chi connectivity index (χ2v) is 3.01. The Morgan fingerprint density at radius 3 is 2.73 bits per heavy atom. The molecule has 2 aromatic rings. The highest BCUT2D eigenvalue weighted by Gasteiger charge is 2.13. The number of nitro groups is 1. The van der Waals surface area contributed by atoms with Crippen LogP contribution in [0.4, 0.5) is 11.4 Å². The Labute approximate surface area is 85.3 Å². The molecule has 0 saturated carbocycles.